The second kappa shape index (κ2) is 9.92. The molecule has 1 heterocycles. The number of hydrogen-bond donors (Lipinski definition) is 3. The van der Waals surface area contributed by atoms with Gasteiger partial charge in [0.05, 0.1) is 16.9 Å². The molecule has 0 radical (unpaired) electrons. The standard InChI is InChI=1S/C19H23ClN6O3/c1-28-24-10-14-17(21)22-11-23-18(14)29-13-7-8-16(15(20)9-13)26-19(27)25-12-5-3-2-4-6-12/h7-12H,2-6H2,1H3,(H2,21,22,23)(H2,25,26,27)/b24-10+. The molecule has 0 aliphatic heterocycles. The van der Waals surface area contributed by atoms with Crippen LogP contribution in [0.25, 0.3) is 0 Å². The number of benzene rings is 1. The zero-order valence-electron chi connectivity index (χ0n) is 16.0. The Bertz CT molecular complexity index is 886. The first-order valence-electron chi connectivity index (χ1n) is 9.28. The second-order valence-electron chi connectivity index (χ2n) is 6.57. The molecule has 1 aromatic heterocycles. The molecule has 1 saturated carbocycles. The average molecular weight is 419 g/mol. The summed E-state index contributed by atoms with van der Waals surface area (Å²) >= 11 is 6.31. The summed E-state index contributed by atoms with van der Waals surface area (Å²) in [7, 11) is 1.41. The molecule has 0 spiro atoms. The summed E-state index contributed by atoms with van der Waals surface area (Å²) in [5.41, 5.74) is 6.70. The van der Waals surface area contributed by atoms with Gasteiger partial charge in [-0.2, -0.15) is 0 Å². The molecule has 1 fully saturated rings. The number of anilines is 2. The van der Waals surface area contributed by atoms with Crippen LogP contribution in [0.15, 0.2) is 29.7 Å². The quantitative estimate of drug-likeness (QED) is 0.482. The molecule has 0 bridgehead atoms. The van der Waals surface area contributed by atoms with Crippen LogP contribution in [0.4, 0.5) is 16.3 Å². The highest BCUT2D eigenvalue weighted by Gasteiger charge is 2.17. The van der Waals surface area contributed by atoms with Crippen LogP contribution in [0, 0.1) is 0 Å². The number of nitrogens with two attached hydrogens (primary N) is 1. The minimum absolute atomic E-state index is 0.194. The fourth-order valence-electron chi connectivity index (χ4n) is 3.06. The smallest absolute Gasteiger partial charge is 0.319 e. The molecule has 0 saturated heterocycles. The predicted molar refractivity (Wildman–Crippen MR) is 112 cm³/mol. The van der Waals surface area contributed by atoms with Crippen molar-refractivity contribution in [3.05, 3.63) is 35.1 Å². The molecule has 1 aliphatic carbocycles. The Kier molecular flexibility index (Phi) is 7.07. The van der Waals surface area contributed by atoms with Crippen LogP contribution in [-0.2, 0) is 4.84 Å². The van der Waals surface area contributed by atoms with E-state index in [-0.39, 0.29) is 23.8 Å². The van der Waals surface area contributed by atoms with Gasteiger partial charge in [-0.1, -0.05) is 36.0 Å². The van der Waals surface area contributed by atoms with E-state index in [9.17, 15) is 4.79 Å². The van der Waals surface area contributed by atoms with Crippen molar-refractivity contribution in [2.75, 3.05) is 18.2 Å². The molecule has 29 heavy (non-hydrogen) atoms. The fraction of sp³-hybridized carbons (Fsp3) is 0.368. The fourth-order valence-corrected chi connectivity index (χ4v) is 3.28. The summed E-state index contributed by atoms with van der Waals surface area (Å²) in [5, 5.41) is 9.76. The van der Waals surface area contributed by atoms with E-state index < -0.39 is 0 Å². The third kappa shape index (κ3) is 5.71. The summed E-state index contributed by atoms with van der Waals surface area (Å²) in [6.45, 7) is 0. The number of amides is 2. The third-order valence-corrected chi connectivity index (χ3v) is 4.82. The number of carbonyl (C=O) groups is 1. The topological polar surface area (TPSA) is 124 Å². The number of nitrogens with one attached hydrogen (secondary N) is 2. The van der Waals surface area contributed by atoms with Gasteiger partial charge in [0.15, 0.2) is 0 Å². The number of nitrogen functional groups attached to an aromatic ring is 1. The van der Waals surface area contributed by atoms with Gasteiger partial charge in [-0.3, -0.25) is 0 Å². The predicted octanol–water partition coefficient (Wildman–Crippen LogP) is 3.94. The van der Waals surface area contributed by atoms with E-state index in [1.165, 1.54) is 26.1 Å². The maximum absolute atomic E-state index is 12.2. The molecule has 3 rings (SSSR count). The summed E-state index contributed by atoms with van der Waals surface area (Å²) in [4.78, 5) is 24.9. The van der Waals surface area contributed by atoms with Crippen molar-refractivity contribution in [3.8, 4) is 11.6 Å². The van der Waals surface area contributed by atoms with E-state index in [0.29, 0.717) is 22.0 Å². The Morgan fingerprint density at radius 2 is 2.10 bits per heavy atom. The van der Waals surface area contributed by atoms with Gasteiger partial charge in [-0.25, -0.2) is 14.8 Å². The number of hydrogen-bond acceptors (Lipinski definition) is 7. The number of nitrogens with zero attached hydrogens (tertiary/aromatic N) is 3. The molecular weight excluding hydrogens is 396 g/mol. The molecule has 4 N–H and O–H groups in total. The first-order valence-corrected chi connectivity index (χ1v) is 9.66. The monoisotopic (exact) mass is 418 g/mol. The van der Waals surface area contributed by atoms with Gasteiger partial charge in [-0.15, -0.1) is 0 Å². The van der Waals surface area contributed by atoms with Crippen LogP contribution in [0.1, 0.15) is 37.7 Å². The van der Waals surface area contributed by atoms with Crippen molar-refractivity contribution in [2.45, 2.75) is 38.1 Å². The van der Waals surface area contributed by atoms with Gasteiger partial charge in [0.25, 0.3) is 0 Å². The Morgan fingerprint density at radius 3 is 2.83 bits per heavy atom. The summed E-state index contributed by atoms with van der Waals surface area (Å²) < 4.78 is 5.76. The van der Waals surface area contributed by atoms with Gasteiger partial charge >= 0.3 is 6.03 Å². The Morgan fingerprint density at radius 1 is 1.31 bits per heavy atom. The SMILES string of the molecule is CO/N=C/c1c(N)ncnc1Oc1ccc(NC(=O)NC2CCCCC2)c(Cl)c1. The van der Waals surface area contributed by atoms with Crippen molar-refractivity contribution in [1.82, 2.24) is 15.3 Å². The first-order chi connectivity index (χ1) is 14.1. The van der Waals surface area contributed by atoms with Gasteiger partial charge in [-0.05, 0) is 25.0 Å². The molecule has 0 atom stereocenters. The molecule has 2 amide bonds. The minimum atomic E-state index is -0.269. The van der Waals surface area contributed by atoms with Gasteiger partial charge < -0.3 is 25.9 Å². The van der Waals surface area contributed by atoms with Crippen LogP contribution < -0.4 is 21.1 Å². The number of carbonyl (C=O) groups excluding carboxylic acids is 1. The molecule has 9 nitrogen and oxygen atoms in total. The van der Waals surface area contributed by atoms with Crippen LogP contribution in [0.2, 0.25) is 5.02 Å². The molecule has 2 aromatic rings. The van der Waals surface area contributed by atoms with Crippen molar-refractivity contribution in [2.24, 2.45) is 5.16 Å². The first kappa shape index (κ1) is 20.7. The lowest BCUT2D eigenvalue weighted by molar-refractivity contribution is 0.215. The van der Waals surface area contributed by atoms with Crippen LogP contribution in [-0.4, -0.2) is 35.4 Å². The highest BCUT2D eigenvalue weighted by atomic mass is 35.5. The number of ether oxygens (including phenoxy) is 1. The zero-order chi connectivity index (χ0) is 20.6. The Balaban J connectivity index is 1.67. The number of rotatable bonds is 6. The lowest BCUT2D eigenvalue weighted by Gasteiger charge is -2.23. The van der Waals surface area contributed by atoms with E-state index in [4.69, 9.17) is 22.1 Å². The van der Waals surface area contributed by atoms with E-state index in [0.717, 1.165) is 25.7 Å². The lowest BCUT2D eigenvalue weighted by Crippen LogP contribution is -2.39. The lowest BCUT2D eigenvalue weighted by atomic mass is 9.96. The van der Waals surface area contributed by atoms with E-state index in [2.05, 4.69) is 30.6 Å². The van der Waals surface area contributed by atoms with E-state index in [1.807, 2.05) is 0 Å². The second-order valence-corrected chi connectivity index (χ2v) is 6.98. The largest absolute Gasteiger partial charge is 0.438 e. The molecule has 1 aromatic carbocycles. The maximum atomic E-state index is 12.2. The van der Waals surface area contributed by atoms with Gasteiger partial charge in [0.2, 0.25) is 5.88 Å². The van der Waals surface area contributed by atoms with Gasteiger partial charge in [0.1, 0.15) is 30.6 Å². The summed E-state index contributed by atoms with van der Waals surface area (Å²) in [6.07, 6.45) is 8.16. The highest BCUT2D eigenvalue weighted by Crippen LogP contribution is 2.31. The summed E-state index contributed by atoms with van der Waals surface area (Å²) in [6, 6.07) is 4.84. The molecular formula is C19H23ClN6O3. The molecule has 0 unspecified atom stereocenters. The normalized spacial score (nSPS) is 14.6. The number of halogens is 1. The summed E-state index contributed by atoms with van der Waals surface area (Å²) in [5.74, 6) is 0.808. The third-order valence-electron chi connectivity index (χ3n) is 4.51. The van der Waals surface area contributed by atoms with E-state index in [1.54, 1.807) is 18.2 Å². The van der Waals surface area contributed by atoms with E-state index >= 15 is 0 Å². The number of urea groups is 1. The van der Waals surface area contributed by atoms with Crippen LogP contribution >= 0.6 is 11.6 Å². The van der Waals surface area contributed by atoms with Crippen LogP contribution in [0.5, 0.6) is 11.6 Å². The zero-order valence-corrected chi connectivity index (χ0v) is 16.8. The van der Waals surface area contributed by atoms with Crippen molar-refractivity contribution in [1.29, 1.82) is 0 Å². The minimum Gasteiger partial charge on any atom is -0.438 e. The maximum Gasteiger partial charge on any atom is 0.319 e. The highest BCUT2D eigenvalue weighted by molar-refractivity contribution is 6.33. The van der Waals surface area contributed by atoms with Gasteiger partial charge in [0, 0.05) is 12.1 Å². The molecule has 154 valence electrons. The number of aromatic nitrogens is 2. The average Bonchev–Trinajstić information content (AvgIpc) is 2.70. The Hall–Kier alpha value is -3.07. The molecule has 10 heteroatoms. The van der Waals surface area contributed by atoms with Crippen molar-refractivity contribution < 1.29 is 14.4 Å². The van der Waals surface area contributed by atoms with Crippen molar-refractivity contribution in [3.63, 3.8) is 0 Å². The van der Waals surface area contributed by atoms with Crippen molar-refractivity contribution >= 4 is 35.4 Å². The molecule has 1 aliphatic rings. The van der Waals surface area contributed by atoms with Crippen LogP contribution in [0.3, 0.4) is 0 Å². The Labute approximate surface area is 173 Å². The number of oxime groups is 1.